The highest BCUT2D eigenvalue weighted by Crippen LogP contribution is 2.20. The number of nitrogens with zero attached hydrogens (tertiary/aromatic N) is 2. The number of aryl methyl sites for hydroxylation is 2. The fourth-order valence-electron chi connectivity index (χ4n) is 1.75. The van der Waals surface area contributed by atoms with E-state index in [4.69, 9.17) is 5.73 Å². The van der Waals surface area contributed by atoms with Crippen molar-refractivity contribution in [3.63, 3.8) is 0 Å². The monoisotopic (exact) mass is 207 g/mol. The maximum Gasteiger partial charge on any atom is 0.134 e. The van der Waals surface area contributed by atoms with Crippen molar-refractivity contribution in [3.05, 3.63) is 29.7 Å². The van der Waals surface area contributed by atoms with Gasteiger partial charge in [-0.05, 0) is 32.0 Å². The van der Waals surface area contributed by atoms with Crippen molar-refractivity contribution in [1.29, 1.82) is 0 Å². The lowest BCUT2D eigenvalue weighted by atomic mass is 10.2. The van der Waals surface area contributed by atoms with E-state index in [9.17, 15) is 4.39 Å². The Labute approximate surface area is 87.7 Å². The predicted octanol–water partition coefficient (Wildman–Crippen LogP) is 1.83. The van der Waals surface area contributed by atoms with Crippen LogP contribution in [-0.2, 0) is 6.54 Å². The van der Waals surface area contributed by atoms with E-state index in [1.54, 1.807) is 6.07 Å². The number of hydrogen-bond donors (Lipinski definition) is 1. The summed E-state index contributed by atoms with van der Waals surface area (Å²) >= 11 is 0. The number of halogens is 1. The zero-order valence-corrected chi connectivity index (χ0v) is 8.70. The molecule has 0 unspecified atom stereocenters. The smallest absolute Gasteiger partial charge is 0.134 e. The minimum Gasteiger partial charge on any atom is -0.330 e. The van der Waals surface area contributed by atoms with Gasteiger partial charge in [-0.2, -0.15) is 5.10 Å². The summed E-state index contributed by atoms with van der Waals surface area (Å²) in [5.41, 5.74) is 7.02. The highest BCUT2D eigenvalue weighted by molar-refractivity contribution is 5.81. The molecule has 0 atom stereocenters. The molecule has 1 aromatic heterocycles. The fraction of sp³-hybridized carbons (Fsp3) is 0.364. The van der Waals surface area contributed by atoms with Crippen LogP contribution in [0.2, 0.25) is 0 Å². The van der Waals surface area contributed by atoms with E-state index in [2.05, 4.69) is 5.10 Å². The second kappa shape index (κ2) is 3.98. The normalized spacial score (nSPS) is 11.1. The third-order valence-electron chi connectivity index (χ3n) is 2.54. The van der Waals surface area contributed by atoms with Crippen LogP contribution in [0.15, 0.2) is 18.2 Å². The maximum atomic E-state index is 13.5. The molecule has 2 N–H and O–H groups in total. The van der Waals surface area contributed by atoms with Crippen LogP contribution < -0.4 is 5.73 Å². The van der Waals surface area contributed by atoms with Crippen LogP contribution in [0, 0.1) is 12.7 Å². The molecule has 4 heteroatoms. The molecule has 0 aliphatic heterocycles. The first kappa shape index (κ1) is 10.1. The molecule has 3 nitrogen and oxygen atoms in total. The van der Waals surface area contributed by atoms with Crippen molar-refractivity contribution in [2.24, 2.45) is 5.73 Å². The van der Waals surface area contributed by atoms with Gasteiger partial charge in [0.1, 0.15) is 5.82 Å². The SMILES string of the molecule is Cc1c2c(F)cccc2nn1CCCN. The zero-order chi connectivity index (χ0) is 10.8. The third kappa shape index (κ3) is 1.72. The number of hydrogen-bond acceptors (Lipinski definition) is 2. The van der Waals surface area contributed by atoms with Crippen molar-refractivity contribution in [2.75, 3.05) is 6.54 Å². The summed E-state index contributed by atoms with van der Waals surface area (Å²) in [5.74, 6) is -0.205. The van der Waals surface area contributed by atoms with Crippen molar-refractivity contribution in [1.82, 2.24) is 9.78 Å². The Morgan fingerprint density at radius 3 is 2.93 bits per heavy atom. The Morgan fingerprint density at radius 2 is 2.27 bits per heavy atom. The van der Waals surface area contributed by atoms with Crippen molar-refractivity contribution < 1.29 is 4.39 Å². The lowest BCUT2D eigenvalue weighted by Gasteiger charge is -2.01. The molecule has 0 saturated heterocycles. The van der Waals surface area contributed by atoms with Gasteiger partial charge in [-0.15, -0.1) is 0 Å². The van der Waals surface area contributed by atoms with Gasteiger partial charge in [0, 0.05) is 12.2 Å². The summed E-state index contributed by atoms with van der Waals surface area (Å²) in [5, 5.41) is 4.95. The Bertz CT molecular complexity index is 476. The molecule has 15 heavy (non-hydrogen) atoms. The Hall–Kier alpha value is -1.42. The highest BCUT2D eigenvalue weighted by Gasteiger charge is 2.10. The molecule has 0 bridgehead atoms. The van der Waals surface area contributed by atoms with E-state index >= 15 is 0 Å². The second-order valence-electron chi connectivity index (χ2n) is 3.58. The molecular weight excluding hydrogens is 193 g/mol. The topological polar surface area (TPSA) is 43.8 Å². The molecule has 80 valence electrons. The van der Waals surface area contributed by atoms with E-state index in [0.29, 0.717) is 17.4 Å². The molecule has 0 spiro atoms. The van der Waals surface area contributed by atoms with Crippen LogP contribution in [0.4, 0.5) is 4.39 Å². The van der Waals surface area contributed by atoms with E-state index < -0.39 is 0 Å². The van der Waals surface area contributed by atoms with Crippen LogP contribution in [0.25, 0.3) is 10.9 Å². The molecule has 2 rings (SSSR count). The van der Waals surface area contributed by atoms with Gasteiger partial charge in [0.15, 0.2) is 0 Å². The van der Waals surface area contributed by atoms with Crippen molar-refractivity contribution in [2.45, 2.75) is 19.9 Å². The van der Waals surface area contributed by atoms with Gasteiger partial charge < -0.3 is 5.73 Å². The lowest BCUT2D eigenvalue weighted by Crippen LogP contribution is -2.08. The second-order valence-corrected chi connectivity index (χ2v) is 3.58. The van der Waals surface area contributed by atoms with E-state index in [0.717, 1.165) is 18.7 Å². The summed E-state index contributed by atoms with van der Waals surface area (Å²) in [6.45, 7) is 3.25. The number of rotatable bonds is 3. The average molecular weight is 207 g/mol. The molecule has 0 radical (unpaired) electrons. The molecule has 0 amide bonds. The highest BCUT2D eigenvalue weighted by atomic mass is 19.1. The van der Waals surface area contributed by atoms with E-state index in [1.807, 2.05) is 17.7 Å². The summed E-state index contributed by atoms with van der Waals surface area (Å²) in [7, 11) is 0. The number of benzene rings is 1. The largest absolute Gasteiger partial charge is 0.330 e. The summed E-state index contributed by atoms with van der Waals surface area (Å²) in [6.07, 6.45) is 0.858. The van der Waals surface area contributed by atoms with Gasteiger partial charge in [0.2, 0.25) is 0 Å². The molecule has 0 fully saturated rings. The van der Waals surface area contributed by atoms with Crippen LogP contribution >= 0.6 is 0 Å². The quantitative estimate of drug-likeness (QED) is 0.834. The number of aromatic nitrogens is 2. The Morgan fingerprint density at radius 1 is 1.47 bits per heavy atom. The molecule has 0 aliphatic rings. The first-order valence-corrected chi connectivity index (χ1v) is 5.05. The Kier molecular flexibility index (Phi) is 2.68. The zero-order valence-electron chi connectivity index (χ0n) is 8.70. The number of fused-ring (bicyclic) bond motifs is 1. The van der Waals surface area contributed by atoms with E-state index in [-0.39, 0.29) is 5.82 Å². The Balaban J connectivity index is 2.50. The van der Waals surface area contributed by atoms with Crippen molar-refractivity contribution in [3.8, 4) is 0 Å². The van der Waals surface area contributed by atoms with Gasteiger partial charge in [-0.25, -0.2) is 4.39 Å². The summed E-state index contributed by atoms with van der Waals surface area (Å²) in [4.78, 5) is 0. The maximum absolute atomic E-state index is 13.5. The van der Waals surface area contributed by atoms with Gasteiger partial charge >= 0.3 is 0 Å². The van der Waals surface area contributed by atoms with E-state index in [1.165, 1.54) is 6.07 Å². The molecule has 1 heterocycles. The first-order valence-electron chi connectivity index (χ1n) is 5.05. The number of nitrogens with two attached hydrogens (primary N) is 1. The summed E-state index contributed by atoms with van der Waals surface area (Å²) in [6, 6.07) is 4.96. The molecule has 0 saturated carbocycles. The van der Waals surface area contributed by atoms with Crippen LogP contribution in [0.1, 0.15) is 12.1 Å². The molecule has 0 aliphatic carbocycles. The molecular formula is C11H14FN3. The van der Waals surface area contributed by atoms with Crippen molar-refractivity contribution >= 4 is 10.9 Å². The van der Waals surface area contributed by atoms with Crippen LogP contribution in [0.3, 0.4) is 0 Å². The lowest BCUT2D eigenvalue weighted by molar-refractivity contribution is 0.575. The average Bonchev–Trinajstić information content (AvgIpc) is 2.54. The van der Waals surface area contributed by atoms with Gasteiger partial charge in [-0.1, -0.05) is 6.07 Å². The van der Waals surface area contributed by atoms with Crippen LogP contribution in [0.5, 0.6) is 0 Å². The molecule has 1 aromatic carbocycles. The van der Waals surface area contributed by atoms with Crippen LogP contribution in [-0.4, -0.2) is 16.3 Å². The summed E-state index contributed by atoms with van der Waals surface area (Å²) < 4.78 is 15.3. The predicted molar refractivity (Wildman–Crippen MR) is 58.1 cm³/mol. The first-order chi connectivity index (χ1) is 7.24. The van der Waals surface area contributed by atoms with Gasteiger partial charge in [-0.3, -0.25) is 4.68 Å². The standard InChI is InChI=1S/C11H14FN3/c1-8-11-9(12)4-2-5-10(11)14-15(8)7-3-6-13/h2,4-5H,3,6-7,13H2,1H3. The van der Waals surface area contributed by atoms with Gasteiger partial charge in [0.25, 0.3) is 0 Å². The van der Waals surface area contributed by atoms with Gasteiger partial charge in [0.05, 0.1) is 10.9 Å². The third-order valence-corrected chi connectivity index (χ3v) is 2.54. The minimum atomic E-state index is -0.205. The fourth-order valence-corrected chi connectivity index (χ4v) is 1.75. The molecule has 2 aromatic rings. The minimum absolute atomic E-state index is 0.205.